The van der Waals surface area contributed by atoms with Crippen LogP contribution in [0.4, 0.5) is 0 Å². The molecule has 1 atom stereocenters. The van der Waals surface area contributed by atoms with Gasteiger partial charge >= 0.3 is 0 Å². The molecule has 1 saturated heterocycles. The second-order valence-corrected chi connectivity index (χ2v) is 3.73. The van der Waals surface area contributed by atoms with Crippen LogP contribution in [0.15, 0.2) is 30.3 Å². The van der Waals surface area contributed by atoms with Crippen molar-refractivity contribution in [1.29, 1.82) is 0 Å². The highest BCUT2D eigenvalue weighted by atomic mass is 16.5. The highest BCUT2D eigenvalue weighted by Gasteiger charge is 2.17. The van der Waals surface area contributed by atoms with Crippen LogP contribution in [0.3, 0.4) is 0 Å². The first kappa shape index (κ1) is 9.69. The van der Waals surface area contributed by atoms with E-state index in [9.17, 15) is 0 Å². The van der Waals surface area contributed by atoms with E-state index >= 15 is 0 Å². The maximum absolute atomic E-state index is 5.34. The Hall–Kier alpha value is -0.860. The maximum atomic E-state index is 5.34. The van der Waals surface area contributed by atoms with Crippen LogP contribution in [0, 0.1) is 0 Å². The number of morpholine rings is 1. The number of nitrogens with zero attached hydrogens (tertiary/aromatic N) is 1. The van der Waals surface area contributed by atoms with Crippen LogP contribution in [0.25, 0.3) is 0 Å². The monoisotopic (exact) mass is 191 g/mol. The van der Waals surface area contributed by atoms with Gasteiger partial charge in [0.1, 0.15) is 0 Å². The average Bonchev–Trinajstić information content (AvgIpc) is 2.30. The Morgan fingerprint density at radius 2 is 1.79 bits per heavy atom. The minimum atomic E-state index is 0.514. The summed E-state index contributed by atoms with van der Waals surface area (Å²) in [6.45, 7) is 6.11. The highest BCUT2D eigenvalue weighted by molar-refractivity contribution is 5.18. The van der Waals surface area contributed by atoms with E-state index in [1.807, 2.05) is 0 Å². The van der Waals surface area contributed by atoms with E-state index in [-0.39, 0.29) is 0 Å². The Morgan fingerprint density at radius 3 is 2.43 bits per heavy atom. The minimum Gasteiger partial charge on any atom is -0.379 e. The van der Waals surface area contributed by atoms with Gasteiger partial charge in [0.15, 0.2) is 0 Å². The molecular weight excluding hydrogens is 174 g/mol. The van der Waals surface area contributed by atoms with E-state index in [2.05, 4.69) is 42.2 Å². The number of benzene rings is 1. The SMILES string of the molecule is C[C@H](c1ccccc1)N1CCOCC1. The Morgan fingerprint density at radius 1 is 1.14 bits per heavy atom. The summed E-state index contributed by atoms with van der Waals surface area (Å²) < 4.78 is 5.34. The van der Waals surface area contributed by atoms with Crippen molar-refractivity contribution < 1.29 is 4.74 Å². The molecule has 1 aromatic rings. The van der Waals surface area contributed by atoms with E-state index in [1.54, 1.807) is 0 Å². The van der Waals surface area contributed by atoms with Gasteiger partial charge in [0, 0.05) is 19.1 Å². The Balaban J connectivity index is 2.03. The molecule has 0 radical (unpaired) electrons. The normalized spacial score (nSPS) is 20.6. The summed E-state index contributed by atoms with van der Waals surface area (Å²) >= 11 is 0. The summed E-state index contributed by atoms with van der Waals surface area (Å²) in [5, 5.41) is 0. The average molecular weight is 191 g/mol. The van der Waals surface area contributed by atoms with Gasteiger partial charge in [0.05, 0.1) is 13.2 Å². The van der Waals surface area contributed by atoms with E-state index in [0.29, 0.717) is 6.04 Å². The lowest BCUT2D eigenvalue weighted by Gasteiger charge is -2.32. The molecule has 1 aliphatic rings. The number of hydrogen-bond donors (Lipinski definition) is 0. The molecule has 1 fully saturated rings. The summed E-state index contributed by atoms with van der Waals surface area (Å²) in [5.41, 5.74) is 1.40. The van der Waals surface area contributed by atoms with Crippen molar-refractivity contribution in [2.75, 3.05) is 26.3 Å². The topological polar surface area (TPSA) is 12.5 Å². The lowest BCUT2D eigenvalue weighted by atomic mass is 10.1. The largest absolute Gasteiger partial charge is 0.379 e. The predicted molar refractivity (Wildman–Crippen MR) is 57.2 cm³/mol. The Labute approximate surface area is 85.5 Å². The lowest BCUT2D eigenvalue weighted by molar-refractivity contribution is 0.0198. The van der Waals surface area contributed by atoms with Crippen LogP contribution in [-0.2, 0) is 4.74 Å². The van der Waals surface area contributed by atoms with Crippen LogP contribution in [0.2, 0.25) is 0 Å². The molecule has 1 aromatic carbocycles. The second kappa shape index (κ2) is 4.58. The predicted octanol–water partition coefficient (Wildman–Crippen LogP) is 2.08. The van der Waals surface area contributed by atoms with Crippen molar-refractivity contribution in [3.8, 4) is 0 Å². The van der Waals surface area contributed by atoms with Crippen LogP contribution < -0.4 is 0 Å². The fourth-order valence-electron chi connectivity index (χ4n) is 1.91. The highest BCUT2D eigenvalue weighted by Crippen LogP contribution is 2.20. The zero-order chi connectivity index (χ0) is 9.80. The number of hydrogen-bond acceptors (Lipinski definition) is 2. The summed E-state index contributed by atoms with van der Waals surface area (Å²) in [4.78, 5) is 2.47. The Kier molecular flexibility index (Phi) is 3.17. The van der Waals surface area contributed by atoms with Gasteiger partial charge in [-0.2, -0.15) is 0 Å². The molecule has 0 bridgehead atoms. The van der Waals surface area contributed by atoms with Crippen LogP contribution in [-0.4, -0.2) is 31.2 Å². The Bertz CT molecular complexity index is 267. The van der Waals surface area contributed by atoms with Crippen molar-refractivity contribution in [3.05, 3.63) is 35.9 Å². The molecule has 2 rings (SSSR count). The standard InChI is InChI=1S/C12H17NO/c1-11(12-5-3-2-4-6-12)13-7-9-14-10-8-13/h2-6,11H,7-10H2,1H3/t11-/m1/s1. The molecule has 0 unspecified atom stereocenters. The van der Waals surface area contributed by atoms with Gasteiger partial charge in [0.2, 0.25) is 0 Å². The molecule has 0 amide bonds. The van der Waals surface area contributed by atoms with Crippen LogP contribution >= 0.6 is 0 Å². The van der Waals surface area contributed by atoms with Gasteiger partial charge in [-0.1, -0.05) is 30.3 Å². The van der Waals surface area contributed by atoms with Gasteiger partial charge in [-0.05, 0) is 12.5 Å². The molecule has 14 heavy (non-hydrogen) atoms. The third kappa shape index (κ3) is 2.14. The first-order chi connectivity index (χ1) is 6.88. The lowest BCUT2D eigenvalue weighted by Crippen LogP contribution is -2.37. The quantitative estimate of drug-likeness (QED) is 0.709. The van der Waals surface area contributed by atoms with E-state index in [0.717, 1.165) is 26.3 Å². The molecule has 76 valence electrons. The summed E-state index contributed by atoms with van der Waals surface area (Å²) in [5.74, 6) is 0. The van der Waals surface area contributed by atoms with Crippen molar-refractivity contribution in [2.45, 2.75) is 13.0 Å². The molecule has 1 aliphatic heterocycles. The summed E-state index contributed by atoms with van der Waals surface area (Å²) in [6, 6.07) is 11.2. The maximum Gasteiger partial charge on any atom is 0.0594 e. The number of rotatable bonds is 2. The second-order valence-electron chi connectivity index (χ2n) is 3.73. The zero-order valence-corrected chi connectivity index (χ0v) is 8.65. The first-order valence-corrected chi connectivity index (χ1v) is 5.24. The van der Waals surface area contributed by atoms with Gasteiger partial charge in [-0.3, -0.25) is 4.90 Å². The van der Waals surface area contributed by atoms with Crippen LogP contribution in [0.1, 0.15) is 18.5 Å². The van der Waals surface area contributed by atoms with Crippen molar-refractivity contribution in [2.24, 2.45) is 0 Å². The summed E-state index contributed by atoms with van der Waals surface area (Å²) in [7, 11) is 0. The molecule has 2 nitrogen and oxygen atoms in total. The smallest absolute Gasteiger partial charge is 0.0594 e. The minimum absolute atomic E-state index is 0.514. The van der Waals surface area contributed by atoms with Gasteiger partial charge in [-0.25, -0.2) is 0 Å². The molecule has 1 heterocycles. The third-order valence-corrected chi connectivity index (χ3v) is 2.88. The van der Waals surface area contributed by atoms with E-state index in [4.69, 9.17) is 4.74 Å². The molecule has 0 aliphatic carbocycles. The van der Waals surface area contributed by atoms with E-state index in [1.165, 1.54) is 5.56 Å². The van der Waals surface area contributed by atoms with Crippen molar-refractivity contribution >= 4 is 0 Å². The fourth-order valence-corrected chi connectivity index (χ4v) is 1.91. The van der Waals surface area contributed by atoms with Gasteiger partial charge in [0.25, 0.3) is 0 Å². The van der Waals surface area contributed by atoms with Crippen molar-refractivity contribution in [3.63, 3.8) is 0 Å². The fraction of sp³-hybridized carbons (Fsp3) is 0.500. The number of ether oxygens (including phenoxy) is 1. The zero-order valence-electron chi connectivity index (χ0n) is 8.65. The molecule has 0 N–H and O–H groups in total. The van der Waals surface area contributed by atoms with E-state index < -0.39 is 0 Å². The molecular formula is C12H17NO. The molecule has 0 spiro atoms. The molecule has 0 saturated carbocycles. The first-order valence-electron chi connectivity index (χ1n) is 5.24. The summed E-state index contributed by atoms with van der Waals surface area (Å²) in [6.07, 6.45) is 0. The van der Waals surface area contributed by atoms with Crippen LogP contribution in [0.5, 0.6) is 0 Å². The molecule has 0 aromatic heterocycles. The van der Waals surface area contributed by atoms with Gasteiger partial charge < -0.3 is 4.74 Å². The van der Waals surface area contributed by atoms with Gasteiger partial charge in [-0.15, -0.1) is 0 Å². The van der Waals surface area contributed by atoms with Crippen molar-refractivity contribution in [1.82, 2.24) is 4.90 Å². The third-order valence-electron chi connectivity index (χ3n) is 2.88. The molecule has 2 heteroatoms.